The van der Waals surface area contributed by atoms with Crippen molar-refractivity contribution < 1.29 is 9.90 Å². The number of hydrogen-bond acceptors (Lipinski definition) is 5. The fourth-order valence-electron chi connectivity index (χ4n) is 1.09. The molecule has 0 aliphatic heterocycles. The number of carboxylic acid groups (broad SMARTS) is 1. The quantitative estimate of drug-likeness (QED) is 0.739. The second-order valence-electron chi connectivity index (χ2n) is 2.84. The van der Waals surface area contributed by atoms with Crippen LogP contribution >= 0.6 is 0 Å². The van der Waals surface area contributed by atoms with E-state index in [9.17, 15) is 4.79 Å². The number of rotatable bonds is 2. The fourth-order valence-corrected chi connectivity index (χ4v) is 1.09. The Labute approximate surface area is 84.4 Å². The van der Waals surface area contributed by atoms with E-state index in [2.05, 4.69) is 20.4 Å². The van der Waals surface area contributed by atoms with Crippen molar-refractivity contribution in [2.24, 2.45) is 7.05 Å². The summed E-state index contributed by atoms with van der Waals surface area (Å²) in [6, 6.07) is 3.03. The first-order chi connectivity index (χ1) is 7.16. The summed E-state index contributed by atoms with van der Waals surface area (Å²) in [6.07, 6.45) is 1.40. The lowest BCUT2D eigenvalue weighted by Crippen LogP contribution is -2.00. The van der Waals surface area contributed by atoms with Crippen LogP contribution < -0.4 is 0 Å². The molecule has 2 aromatic heterocycles. The highest BCUT2D eigenvalue weighted by molar-refractivity contribution is 5.86. The average molecular weight is 205 g/mol. The summed E-state index contributed by atoms with van der Waals surface area (Å²) in [7, 11) is 1.63. The minimum atomic E-state index is -1.08. The summed E-state index contributed by atoms with van der Waals surface area (Å²) in [5, 5.41) is 20.1. The third-order valence-corrected chi connectivity index (χ3v) is 1.75. The minimum absolute atomic E-state index is 0.0417. The van der Waals surface area contributed by atoms with E-state index in [4.69, 9.17) is 5.11 Å². The first kappa shape index (κ1) is 9.25. The third kappa shape index (κ3) is 1.80. The van der Waals surface area contributed by atoms with Gasteiger partial charge in [-0.15, -0.1) is 10.2 Å². The van der Waals surface area contributed by atoms with Crippen LogP contribution in [-0.4, -0.2) is 36.3 Å². The van der Waals surface area contributed by atoms with Crippen LogP contribution in [-0.2, 0) is 7.05 Å². The molecule has 7 nitrogen and oxygen atoms in total. The van der Waals surface area contributed by atoms with Crippen molar-refractivity contribution in [2.45, 2.75) is 0 Å². The highest BCUT2D eigenvalue weighted by Gasteiger charge is 2.09. The second kappa shape index (κ2) is 3.45. The van der Waals surface area contributed by atoms with Crippen molar-refractivity contribution in [1.29, 1.82) is 0 Å². The number of aromatic carboxylic acids is 1. The SMILES string of the molecule is Cn1nnc(-c2ccnc(C(=O)O)c2)n1. The maximum atomic E-state index is 10.7. The number of aryl methyl sites for hydroxylation is 1. The van der Waals surface area contributed by atoms with E-state index in [-0.39, 0.29) is 5.69 Å². The molecule has 0 atom stereocenters. The van der Waals surface area contributed by atoms with E-state index in [1.807, 2.05) is 0 Å². The summed E-state index contributed by atoms with van der Waals surface area (Å²) in [4.78, 5) is 15.7. The van der Waals surface area contributed by atoms with Gasteiger partial charge in [-0.2, -0.15) is 4.80 Å². The van der Waals surface area contributed by atoms with E-state index in [1.165, 1.54) is 17.1 Å². The van der Waals surface area contributed by atoms with Crippen LogP contribution in [0.3, 0.4) is 0 Å². The zero-order valence-corrected chi connectivity index (χ0v) is 7.82. The number of hydrogen-bond donors (Lipinski definition) is 1. The molecule has 1 N–H and O–H groups in total. The van der Waals surface area contributed by atoms with E-state index in [0.29, 0.717) is 11.4 Å². The van der Waals surface area contributed by atoms with E-state index >= 15 is 0 Å². The molecule has 0 amide bonds. The van der Waals surface area contributed by atoms with Gasteiger partial charge >= 0.3 is 5.97 Å². The Bertz CT molecular complexity index is 507. The van der Waals surface area contributed by atoms with Gasteiger partial charge < -0.3 is 5.11 Å². The topological polar surface area (TPSA) is 93.8 Å². The fraction of sp³-hybridized carbons (Fsp3) is 0.125. The Balaban J connectivity index is 2.45. The summed E-state index contributed by atoms with van der Waals surface area (Å²) >= 11 is 0. The molecular formula is C8H7N5O2. The molecule has 0 aliphatic carbocycles. The Kier molecular flexibility index (Phi) is 2.13. The number of tetrazole rings is 1. The van der Waals surface area contributed by atoms with E-state index < -0.39 is 5.97 Å². The monoisotopic (exact) mass is 205 g/mol. The van der Waals surface area contributed by atoms with Crippen LogP contribution in [0.2, 0.25) is 0 Å². The highest BCUT2D eigenvalue weighted by Crippen LogP contribution is 2.13. The Morgan fingerprint density at radius 1 is 1.53 bits per heavy atom. The van der Waals surface area contributed by atoms with Crippen molar-refractivity contribution in [1.82, 2.24) is 25.2 Å². The van der Waals surface area contributed by atoms with Gasteiger partial charge in [0, 0.05) is 11.8 Å². The zero-order chi connectivity index (χ0) is 10.8. The van der Waals surface area contributed by atoms with Crippen molar-refractivity contribution in [2.75, 3.05) is 0 Å². The van der Waals surface area contributed by atoms with Gasteiger partial charge in [0.05, 0.1) is 7.05 Å². The van der Waals surface area contributed by atoms with E-state index in [0.717, 1.165) is 0 Å². The first-order valence-corrected chi connectivity index (χ1v) is 4.10. The Hall–Kier alpha value is -2.31. The molecule has 2 aromatic rings. The minimum Gasteiger partial charge on any atom is -0.477 e. The molecule has 2 heterocycles. The normalized spacial score (nSPS) is 10.2. The molecular weight excluding hydrogens is 198 g/mol. The van der Waals surface area contributed by atoms with Gasteiger partial charge in [-0.25, -0.2) is 9.78 Å². The lowest BCUT2D eigenvalue weighted by atomic mass is 10.2. The molecule has 0 bridgehead atoms. The van der Waals surface area contributed by atoms with Gasteiger partial charge in [-0.1, -0.05) is 0 Å². The molecule has 0 unspecified atom stereocenters. The van der Waals surface area contributed by atoms with Crippen molar-refractivity contribution in [3.8, 4) is 11.4 Å². The molecule has 0 aromatic carbocycles. The zero-order valence-electron chi connectivity index (χ0n) is 7.82. The number of pyridine rings is 1. The number of carbonyl (C=O) groups is 1. The van der Waals surface area contributed by atoms with Gasteiger partial charge in [0.2, 0.25) is 5.82 Å². The van der Waals surface area contributed by atoms with Crippen LogP contribution in [0.25, 0.3) is 11.4 Å². The van der Waals surface area contributed by atoms with E-state index in [1.54, 1.807) is 13.1 Å². The largest absolute Gasteiger partial charge is 0.477 e. The second-order valence-corrected chi connectivity index (χ2v) is 2.84. The molecule has 0 spiro atoms. The lowest BCUT2D eigenvalue weighted by Gasteiger charge is -1.95. The van der Waals surface area contributed by atoms with Crippen LogP contribution in [0, 0.1) is 0 Å². The molecule has 0 saturated carbocycles. The number of nitrogens with zero attached hydrogens (tertiary/aromatic N) is 5. The molecule has 15 heavy (non-hydrogen) atoms. The first-order valence-electron chi connectivity index (χ1n) is 4.10. The van der Waals surface area contributed by atoms with Crippen LogP contribution in [0.4, 0.5) is 0 Å². The standard InChI is InChI=1S/C8H7N5O2/c1-13-11-7(10-12-13)5-2-3-9-6(4-5)8(14)15/h2-4H,1H3,(H,14,15). The Morgan fingerprint density at radius 3 is 2.93 bits per heavy atom. The average Bonchev–Trinajstić information content (AvgIpc) is 2.65. The third-order valence-electron chi connectivity index (χ3n) is 1.75. The summed E-state index contributed by atoms with van der Waals surface area (Å²) < 4.78 is 0. The van der Waals surface area contributed by atoms with Gasteiger partial charge in [0.15, 0.2) is 0 Å². The predicted molar refractivity (Wildman–Crippen MR) is 49.0 cm³/mol. The summed E-state index contributed by atoms with van der Waals surface area (Å²) in [5.74, 6) is -0.705. The Morgan fingerprint density at radius 2 is 2.33 bits per heavy atom. The number of aromatic nitrogens is 5. The number of carboxylic acids is 1. The van der Waals surface area contributed by atoms with Gasteiger partial charge in [-0.3, -0.25) is 0 Å². The molecule has 0 aliphatic rings. The maximum Gasteiger partial charge on any atom is 0.354 e. The lowest BCUT2D eigenvalue weighted by molar-refractivity contribution is 0.0690. The molecule has 2 rings (SSSR count). The molecule has 0 fully saturated rings. The van der Waals surface area contributed by atoms with Crippen molar-refractivity contribution in [3.63, 3.8) is 0 Å². The molecule has 76 valence electrons. The predicted octanol–water partition coefficient (Wildman–Crippen LogP) is -0.0297. The van der Waals surface area contributed by atoms with Gasteiger partial charge in [-0.05, 0) is 17.3 Å². The highest BCUT2D eigenvalue weighted by atomic mass is 16.4. The summed E-state index contributed by atoms with van der Waals surface area (Å²) in [5.41, 5.74) is 0.537. The van der Waals surface area contributed by atoms with Crippen LogP contribution in [0.1, 0.15) is 10.5 Å². The van der Waals surface area contributed by atoms with Crippen molar-refractivity contribution in [3.05, 3.63) is 24.0 Å². The smallest absolute Gasteiger partial charge is 0.354 e. The van der Waals surface area contributed by atoms with Gasteiger partial charge in [0.1, 0.15) is 5.69 Å². The molecule has 7 heteroatoms. The van der Waals surface area contributed by atoms with Gasteiger partial charge in [0.25, 0.3) is 0 Å². The molecule has 0 radical (unpaired) electrons. The summed E-state index contributed by atoms with van der Waals surface area (Å²) in [6.45, 7) is 0. The van der Waals surface area contributed by atoms with Crippen molar-refractivity contribution >= 4 is 5.97 Å². The van der Waals surface area contributed by atoms with Crippen LogP contribution in [0.5, 0.6) is 0 Å². The molecule has 0 saturated heterocycles. The maximum absolute atomic E-state index is 10.7. The van der Waals surface area contributed by atoms with Crippen LogP contribution in [0.15, 0.2) is 18.3 Å².